The Balaban J connectivity index is 1.35. The third-order valence-corrected chi connectivity index (χ3v) is 4.34. The van der Waals surface area contributed by atoms with Gasteiger partial charge in [-0.15, -0.1) is 19.5 Å². The molecule has 0 aliphatic rings. The summed E-state index contributed by atoms with van der Waals surface area (Å²) >= 11 is 0. The second-order valence-corrected chi connectivity index (χ2v) is 6.38. The highest BCUT2D eigenvalue weighted by Crippen LogP contribution is 2.38. The topological polar surface area (TPSA) is 345 Å². The molecule has 0 aliphatic heterocycles. The summed E-state index contributed by atoms with van der Waals surface area (Å²) < 4.78 is 27.3. The number of hydrogen-bond donors (Lipinski definition) is 0. The third-order valence-electron chi connectivity index (χ3n) is 4.34. The Hall–Kier alpha value is -6.76. The minimum absolute atomic E-state index is 0.242. The largest absolute Gasteiger partial charge is 0.444 e. The van der Waals surface area contributed by atoms with Crippen LogP contribution in [0.3, 0.4) is 0 Å². The Morgan fingerprint density at radius 2 is 0.711 bits per heavy atom. The minimum atomic E-state index is -0.873. The lowest BCUT2D eigenvalue weighted by molar-refractivity contribution is -0.390. The molecule has 0 amide bonds. The van der Waals surface area contributed by atoms with Gasteiger partial charge in [0.25, 0.3) is 0 Å². The van der Waals surface area contributed by atoms with Crippen LogP contribution in [0.1, 0.15) is 0 Å². The van der Waals surface area contributed by atoms with Crippen molar-refractivity contribution in [2.45, 2.75) is 0 Å². The van der Waals surface area contributed by atoms with E-state index in [0.29, 0.717) is 0 Å². The van der Waals surface area contributed by atoms with Crippen molar-refractivity contribution in [2.24, 2.45) is 10.2 Å². The Kier molecular flexibility index (Phi) is 4.85. The Morgan fingerprint density at radius 1 is 0.421 bits per heavy atom. The standard InChI is InChI=1S/C12N16O10/c29-27(30)11-7(21-37-25-11)3-1(15-33-17-3)5-9(23-35-19-5)13-14-10-6(20-36-24-10)2-4(18-34-16-2)8-12(28(31)32)26-38-22-8. The fraction of sp³-hybridized carbons (Fsp3) is 0. The van der Waals surface area contributed by atoms with Crippen molar-refractivity contribution in [3.63, 3.8) is 0 Å². The van der Waals surface area contributed by atoms with Crippen LogP contribution in [-0.4, -0.2) is 71.7 Å². The average Bonchev–Trinajstić information content (AvgIpc) is 3.73. The van der Waals surface area contributed by atoms with Crippen molar-refractivity contribution in [1.29, 1.82) is 0 Å². The number of hydrogen-bond acceptors (Lipinski definition) is 24. The van der Waals surface area contributed by atoms with Gasteiger partial charge in [-0.3, -0.25) is 0 Å². The van der Waals surface area contributed by atoms with Crippen LogP contribution in [0.5, 0.6) is 0 Å². The van der Waals surface area contributed by atoms with E-state index in [0.717, 1.165) is 0 Å². The third kappa shape index (κ3) is 3.45. The molecule has 0 saturated carbocycles. The van der Waals surface area contributed by atoms with Crippen molar-refractivity contribution in [3.8, 4) is 45.6 Å². The quantitative estimate of drug-likeness (QED) is 0.150. The van der Waals surface area contributed by atoms with Crippen LogP contribution in [0.25, 0.3) is 45.6 Å². The van der Waals surface area contributed by atoms with Crippen LogP contribution in [0, 0.1) is 20.2 Å². The predicted molar refractivity (Wildman–Crippen MR) is 99.2 cm³/mol. The van der Waals surface area contributed by atoms with E-state index >= 15 is 0 Å². The molecule has 26 heteroatoms. The normalized spacial score (nSPS) is 11.5. The molecular formula is C12N16O10. The summed E-state index contributed by atoms with van der Waals surface area (Å²) in [7, 11) is 0. The van der Waals surface area contributed by atoms with Gasteiger partial charge >= 0.3 is 11.6 Å². The summed E-state index contributed by atoms with van der Waals surface area (Å²) in [5.41, 5.74) is -2.42. The summed E-state index contributed by atoms with van der Waals surface area (Å²) in [5.74, 6) is -2.24. The van der Waals surface area contributed by atoms with Gasteiger partial charge in [-0.2, -0.15) is 0 Å². The van der Waals surface area contributed by atoms with E-state index in [1.807, 2.05) is 0 Å². The van der Waals surface area contributed by atoms with Crippen molar-refractivity contribution in [1.82, 2.24) is 61.9 Å². The van der Waals surface area contributed by atoms with E-state index < -0.39 is 32.9 Å². The smallest absolute Gasteiger partial charge is 0.358 e. The molecule has 6 rings (SSSR count). The molecule has 0 saturated heterocycles. The molecule has 26 nitrogen and oxygen atoms in total. The maximum absolute atomic E-state index is 11.2. The SMILES string of the molecule is O=[N+]([O-])c1nonc1-c1nonc1-c1nonc1N=Nc1nonc1-c1nonc1-c1nonc1[N+](=O)[O-]. The van der Waals surface area contributed by atoms with Gasteiger partial charge in [0.2, 0.25) is 23.0 Å². The predicted octanol–water partition coefficient (Wildman–Crippen LogP) is 0.884. The molecule has 38 heavy (non-hydrogen) atoms. The van der Waals surface area contributed by atoms with E-state index in [9.17, 15) is 20.2 Å². The lowest BCUT2D eigenvalue weighted by Gasteiger charge is -1.92. The minimum Gasteiger partial charge on any atom is -0.358 e. The maximum atomic E-state index is 11.2. The number of azo groups is 1. The Labute approximate surface area is 199 Å². The first-order chi connectivity index (χ1) is 18.5. The Morgan fingerprint density at radius 3 is 1.11 bits per heavy atom. The lowest BCUT2D eigenvalue weighted by atomic mass is 10.2. The van der Waals surface area contributed by atoms with Crippen LogP contribution < -0.4 is 0 Å². The van der Waals surface area contributed by atoms with Crippen molar-refractivity contribution in [2.75, 3.05) is 0 Å². The summed E-state index contributed by atoms with van der Waals surface area (Å²) in [6.07, 6.45) is 0. The van der Waals surface area contributed by atoms with E-state index in [4.69, 9.17) is 0 Å². The molecule has 188 valence electrons. The molecule has 0 spiro atoms. The van der Waals surface area contributed by atoms with Gasteiger partial charge in [0, 0.05) is 0 Å². The van der Waals surface area contributed by atoms with E-state index in [1.165, 1.54) is 0 Å². The van der Waals surface area contributed by atoms with Crippen LogP contribution in [0.15, 0.2) is 38.0 Å². The number of nitrogens with zero attached hydrogens (tertiary/aromatic N) is 16. The second kappa shape index (κ2) is 8.47. The van der Waals surface area contributed by atoms with Gasteiger partial charge in [-0.1, -0.05) is 0 Å². The second-order valence-electron chi connectivity index (χ2n) is 6.38. The molecule has 0 aliphatic carbocycles. The molecule has 0 unspecified atom stereocenters. The molecule has 0 radical (unpaired) electrons. The highest BCUT2D eigenvalue weighted by molar-refractivity contribution is 5.81. The van der Waals surface area contributed by atoms with Gasteiger partial charge in [0.1, 0.15) is 0 Å². The first-order valence-electron chi connectivity index (χ1n) is 9.20. The van der Waals surface area contributed by atoms with Crippen molar-refractivity contribution >= 4 is 23.3 Å². The van der Waals surface area contributed by atoms with Crippen molar-refractivity contribution < 1.29 is 37.6 Å². The summed E-state index contributed by atoms with van der Waals surface area (Å²) in [4.78, 5) is 20.6. The number of aromatic nitrogens is 12. The van der Waals surface area contributed by atoms with Crippen LogP contribution in [-0.2, 0) is 0 Å². The molecule has 6 heterocycles. The monoisotopic (exact) mass is 528 g/mol. The molecule has 6 aromatic heterocycles. The van der Waals surface area contributed by atoms with E-state index in [2.05, 4.69) is 99.9 Å². The zero-order chi connectivity index (χ0) is 26.2. The van der Waals surface area contributed by atoms with Gasteiger partial charge < -0.3 is 20.2 Å². The Bertz CT molecular complexity index is 1690. The average molecular weight is 528 g/mol. The number of rotatable bonds is 8. The van der Waals surface area contributed by atoms with E-state index in [-0.39, 0.29) is 45.8 Å². The van der Waals surface area contributed by atoms with Crippen LogP contribution >= 0.6 is 0 Å². The molecule has 0 fully saturated rings. The van der Waals surface area contributed by atoms with Gasteiger partial charge in [0.05, 0.1) is 0 Å². The van der Waals surface area contributed by atoms with Crippen LogP contribution in [0.4, 0.5) is 23.3 Å². The highest BCUT2D eigenvalue weighted by atomic mass is 16.7. The zero-order valence-corrected chi connectivity index (χ0v) is 17.2. The zero-order valence-electron chi connectivity index (χ0n) is 17.2. The summed E-state index contributed by atoms with van der Waals surface area (Å²) in [5, 5.41) is 71.7. The first kappa shape index (κ1) is 21.8. The summed E-state index contributed by atoms with van der Waals surface area (Å²) in [6, 6.07) is 0. The van der Waals surface area contributed by atoms with Gasteiger partial charge in [0.15, 0.2) is 44.5 Å². The summed E-state index contributed by atoms with van der Waals surface area (Å²) in [6.45, 7) is 0. The fourth-order valence-electron chi connectivity index (χ4n) is 2.80. The molecular weight excluding hydrogens is 528 g/mol. The molecule has 0 bridgehead atoms. The van der Waals surface area contributed by atoms with Gasteiger partial charge in [-0.05, 0) is 61.4 Å². The van der Waals surface area contributed by atoms with Crippen molar-refractivity contribution in [3.05, 3.63) is 20.2 Å². The lowest BCUT2D eigenvalue weighted by Crippen LogP contribution is -1.93. The fourth-order valence-corrected chi connectivity index (χ4v) is 2.80. The molecule has 6 aromatic rings. The number of nitro groups is 2. The molecule has 0 atom stereocenters. The van der Waals surface area contributed by atoms with Crippen LogP contribution in [0.2, 0.25) is 0 Å². The first-order valence-corrected chi connectivity index (χ1v) is 9.20. The van der Waals surface area contributed by atoms with E-state index in [1.54, 1.807) is 0 Å². The van der Waals surface area contributed by atoms with Gasteiger partial charge in [-0.25, -0.2) is 18.5 Å². The molecule has 0 N–H and O–H groups in total. The highest BCUT2D eigenvalue weighted by Gasteiger charge is 2.34. The maximum Gasteiger partial charge on any atom is 0.444 e. The molecule has 0 aromatic carbocycles.